The zero-order valence-electron chi connectivity index (χ0n) is 19.0. The minimum absolute atomic E-state index is 0.0420. The summed E-state index contributed by atoms with van der Waals surface area (Å²) in [6.07, 6.45) is -0.776. The molecule has 7 nitrogen and oxygen atoms in total. The third-order valence-corrected chi connectivity index (χ3v) is 6.06. The molecule has 182 valence electrons. The Hall–Kier alpha value is -3.49. The van der Waals surface area contributed by atoms with E-state index >= 15 is 0 Å². The van der Waals surface area contributed by atoms with Crippen LogP contribution in [0.2, 0.25) is 0 Å². The first-order valence-electron chi connectivity index (χ1n) is 11.1. The topological polar surface area (TPSA) is 105 Å². The van der Waals surface area contributed by atoms with Crippen molar-refractivity contribution in [3.8, 4) is 11.1 Å². The molecule has 2 aromatic carbocycles. The van der Waals surface area contributed by atoms with E-state index in [1.54, 1.807) is 0 Å². The Bertz CT molecular complexity index is 1010. The normalized spacial score (nSPS) is 13.7. The Kier molecular flexibility index (Phi) is 7.86. The van der Waals surface area contributed by atoms with Crippen molar-refractivity contribution in [2.75, 3.05) is 19.7 Å². The molecular formula is C25H28F2N2O5. The summed E-state index contributed by atoms with van der Waals surface area (Å²) in [6.45, 7) is 2.65. The van der Waals surface area contributed by atoms with Crippen molar-refractivity contribution in [3.05, 3.63) is 59.7 Å². The van der Waals surface area contributed by atoms with Crippen molar-refractivity contribution in [2.24, 2.45) is 11.8 Å². The van der Waals surface area contributed by atoms with Crippen LogP contribution in [0.1, 0.15) is 37.3 Å². The van der Waals surface area contributed by atoms with Crippen LogP contribution in [0.4, 0.5) is 13.6 Å². The minimum Gasteiger partial charge on any atom is -0.477 e. The number of fused-ring (bicyclic) bond motifs is 3. The SMILES string of the molecule is CC(C)C(CNC(=O)OCC1c2ccccc2-c2ccccc21)CC(=O)NCC(F)(F)C(=O)O. The number of carboxylic acid groups (broad SMARTS) is 1. The van der Waals surface area contributed by atoms with Crippen molar-refractivity contribution in [1.82, 2.24) is 10.6 Å². The summed E-state index contributed by atoms with van der Waals surface area (Å²) in [5.41, 5.74) is 4.41. The third kappa shape index (κ3) is 5.89. The van der Waals surface area contributed by atoms with Crippen molar-refractivity contribution < 1.29 is 33.0 Å². The second-order valence-corrected chi connectivity index (χ2v) is 8.70. The first-order valence-corrected chi connectivity index (χ1v) is 11.1. The number of carbonyl (C=O) groups excluding carboxylic acids is 2. The number of hydrogen-bond acceptors (Lipinski definition) is 4. The van der Waals surface area contributed by atoms with Crippen LogP contribution >= 0.6 is 0 Å². The Morgan fingerprint density at radius 2 is 1.56 bits per heavy atom. The van der Waals surface area contributed by atoms with E-state index in [1.165, 1.54) is 0 Å². The fourth-order valence-electron chi connectivity index (χ4n) is 4.00. The molecule has 0 aliphatic heterocycles. The van der Waals surface area contributed by atoms with Gasteiger partial charge in [-0.05, 0) is 34.1 Å². The lowest BCUT2D eigenvalue weighted by atomic mass is 9.92. The van der Waals surface area contributed by atoms with Gasteiger partial charge in [-0.2, -0.15) is 8.78 Å². The Balaban J connectivity index is 1.51. The summed E-state index contributed by atoms with van der Waals surface area (Å²) in [5, 5.41) is 13.0. The first kappa shape index (κ1) is 25.1. The molecule has 34 heavy (non-hydrogen) atoms. The Morgan fingerprint density at radius 1 is 1.00 bits per heavy atom. The van der Waals surface area contributed by atoms with Crippen LogP contribution < -0.4 is 10.6 Å². The van der Waals surface area contributed by atoms with Gasteiger partial charge in [0.25, 0.3) is 0 Å². The molecule has 0 radical (unpaired) electrons. The molecule has 0 aromatic heterocycles. The Morgan fingerprint density at radius 3 is 2.09 bits per heavy atom. The molecule has 2 aromatic rings. The zero-order chi connectivity index (χ0) is 24.9. The second-order valence-electron chi connectivity index (χ2n) is 8.70. The molecule has 3 N–H and O–H groups in total. The number of benzene rings is 2. The molecule has 0 heterocycles. The molecule has 1 unspecified atom stereocenters. The summed E-state index contributed by atoms with van der Waals surface area (Å²) in [6, 6.07) is 15.9. The number of halogens is 2. The van der Waals surface area contributed by atoms with Crippen molar-refractivity contribution in [2.45, 2.75) is 32.1 Å². The van der Waals surface area contributed by atoms with Gasteiger partial charge in [-0.15, -0.1) is 0 Å². The molecule has 9 heteroatoms. The van der Waals surface area contributed by atoms with E-state index < -0.39 is 30.4 Å². The predicted molar refractivity (Wildman–Crippen MR) is 122 cm³/mol. The molecule has 0 spiro atoms. The highest BCUT2D eigenvalue weighted by Crippen LogP contribution is 2.44. The third-order valence-electron chi connectivity index (χ3n) is 6.06. The number of carbonyl (C=O) groups is 3. The molecular weight excluding hydrogens is 446 g/mol. The number of aliphatic carboxylic acids is 1. The highest BCUT2D eigenvalue weighted by molar-refractivity contribution is 5.80. The number of ether oxygens (including phenoxy) is 1. The van der Waals surface area contributed by atoms with Crippen molar-refractivity contribution in [1.29, 1.82) is 0 Å². The second kappa shape index (κ2) is 10.6. The number of nitrogens with one attached hydrogen (secondary N) is 2. The maximum atomic E-state index is 13.2. The van der Waals surface area contributed by atoms with Gasteiger partial charge in [-0.1, -0.05) is 62.4 Å². The standard InChI is InChI=1S/C25H28F2N2O5/c1-15(2)16(11-22(30)29-14-25(26,27)23(31)32)12-28-24(33)34-13-21-19-9-5-3-7-17(19)18-8-4-6-10-20(18)21/h3-10,15-16,21H,11-14H2,1-2H3,(H,28,33)(H,29,30)(H,31,32). The summed E-state index contributed by atoms with van der Waals surface area (Å²) in [7, 11) is 0. The van der Waals surface area contributed by atoms with E-state index in [0.717, 1.165) is 22.3 Å². The summed E-state index contributed by atoms with van der Waals surface area (Å²) >= 11 is 0. The number of alkyl carbamates (subject to hydrolysis) is 1. The average molecular weight is 475 g/mol. The zero-order valence-corrected chi connectivity index (χ0v) is 19.0. The quantitative estimate of drug-likeness (QED) is 0.482. The lowest BCUT2D eigenvalue weighted by molar-refractivity contribution is -0.164. The lowest BCUT2D eigenvalue weighted by Crippen LogP contribution is -2.43. The number of carboxylic acids is 1. The van der Waals surface area contributed by atoms with Gasteiger partial charge in [-0.3, -0.25) is 4.79 Å². The number of rotatable bonds is 10. The van der Waals surface area contributed by atoms with E-state index in [9.17, 15) is 23.2 Å². The average Bonchev–Trinajstić information content (AvgIpc) is 3.12. The van der Waals surface area contributed by atoms with E-state index in [1.807, 2.05) is 67.7 Å². The molecule has 3 rings (SSSR count). The summed E-state index contributed by atoms with van der Waals surface area (Å²) < 4.78 is 31.8. The van der Waals surface area contributed by atoms with Gasteiger partial charge in [0, 0.05) is 18.9 Å². The van der Waals surface area contributed by atoms with Gasteiger partial charge < -0.3 is 20.5 Å². The van der Waals surface area contributed by atoms with E-state index in [4.69, 9.17) is 9.84 Å². The molecule has 0 saturated carbocycles. The van der Waals surface area contributed by atoms with E-state index in [2.05, 4.69) is 5.32 Å². The van der Waals surface area contributed by atoms with Gasteiger partial charge in [0.15, 0.2) is 0 Å². The highest BCUT2D eigenvalue weighted by atomic mass is 19.3. The molecule has 0 bridgehead atoms. The number of alkyl halides is 2. The molecule has 0 fully saturated rings. The van der Waals surface area contributed by atoms with Crippen molar-refractivity contribution in [3.63, 3.8) is 0 Å². The molecule has 0 saturated heterocycles. The van der Waals surface area contributed by atoms with Crippen molar-refractivity contribution >= 4 is 18.0 Å². The molecule has 1 atom stereocenters. The minimum atomic E-state index is -4.04. The molecule has 1 aliphatic carbocycles. The molecule has 1 aliphatic rings. The maximum Gasteiger partial charge on any atom is 0.407 e. The van der Waals surface area contributed by atoms with E-state index in [-0.39, 0.29) is 37.3 Å². The summed E-state index contributed by atoms with van der Waals surface area (Å²) in [4.78, 5) is 34.9. The number of hydrogen-bond donors (Lipinski definition) is 3. The fourth-order valence-corrected chi connectivity index (χ4v) is 4.00. The largest absolute Gasteiger partial charge is 0.477 e. The van der Waals surface area contributed by atoms with Gasteiger partial charge in [0.1, 0.15) is 6.61 Å². The molecule has 2 amide bonds. The maximum absolute atomic E-state index is 13.2. The van der Waals surface area contributed by atoms with Crippen LogP contribution in [0.15, 0.2) is 48.5 Å². The van der Waals surface area contributed by atoms with Crippen LogP contribution in [0.25, 0.3) is 11.1 Å². The highest BCUT2D eigenvalue weighted by Gasteiger charge is 2.39. The predicted octanol–water partition coefficient (Wildman–Crippen LogP) is 4.02. The van der Waals surface area contributed by atoms with Gasteiger partial charge in [-0.25, -0.2) is 9.59 Å². The van der Waals surface area contributed by atoms with Gasteiger partial charge in [0.05, 0.1) is 6.54 Å². The van der Waals surface area contributed by atoms with E-state index in [0.29, 0.717) is 0 Å². The van der Waals surface area contributed by atoms with Crippen LogP contribution in [-0.2, 0) is 14.3 Å². The number of amides is 2. The first-order chi connectivity index (χ1) is 16.1. The van der Waals surface area contributed by atoms with Crippen LogP contribution in [0.5, 0.6) is 0 Å². The van der Waals surface area contributed by atoms with Gasteiger partial charge in [0.2, 0.25) is 5.91 Å². The fraction of sp³-hybridized carbons (Fsp3) is 0.400. The smallest absolute Gasteiger partial charge is 0.407 e. The lowest BCUT2D eigenvalue weighted by Gasteiger charge is -2.22. The van der Waals surface area contributed by atoms with Gasteiger partial charge >= 0.3 is 18.0 Å². The summed E-state index contributed by atoms with van der Waals surface area (Å²) in [5.74, 6) is -7.53. The monoisotopic (exact) mass is 474 g/mol. The van der Waals surface area contributed by atoms with Crippen LogP contribution in [-0.4, -0.2) is 48.7 Å². The van der Waals surface area contributed by atoms with Crippen LogP contribution in [0, 0.1) is 11.8 Å². The van der Waals surface area contributed by atoms with Crippen LogP contribution in [0.3, 0.4) is 0 Å². The Labute approximate surface area is 196 Å².